The minimum Gasteiger partial charge on any atom is -0.465 e. The van der Waals surface area contributed by atoms with Crippen LogP contribution in [0.3, 0.4) is 0 Å². The van der Waals surface area contributed by atoms with Crippen molar-refractivity contribution in [3.8, 4) is 0 Å². The van der Waals surface area contributed by atoms with E-state index < -0.39 is 16.0 Å². The summed E-state index contributed by atoms with van der Waals surface area (Å²) in [6.07, 6.45) is 3.30. The van der Waals surface area contributed by atoms with E-state index in [9.17, 15) is 13.2 Å². The van der Waals surface area contributed by atoms with Crippen molar-refractivity contribution in [3.63, 3.8) is 0 Å². The largest absolute Gasteiger partial charge is 0.465 e. The first-order chi connectivity index (χ1) is 6.49. The van der Waals surface area contributed by atoms with Crippen molar-refractivity contribution < 1.29 is 22.1 Å². The Hall–Kier alpha value is -0.620. The predicted molar refractivity (Wildman–Crippen MR) is 49.1 cm³/mol. The van der Waals surface area contributed by atoms with Crippen molar-refractivity contribution in [2.45, 2.75) is 19.3 Å². The molecule has 1 aliphatic heterocycles. The lowest BCUT2D eigenvalue weighted by Gasteiger charge is -2.10. The Balaban J connectivity index is 2.45. The molecule has 0 amide bonds. The Morgan fingerprint density at radius 2 is 2.21 bits per heavy atom. The van der Waals surface area contributed by atoms with Gasteiger partial charge in [-0.3, -0.25) is 8.98 Å². The molecule has 0 spiro atoms. The summed E-state index contributed by atoms with van der Waals surface area (Å²) in [5.74, 6) is -0.793. The molecule has 1 atom stereocenters. The molecule has 5 nitrogen and oxygen atoms in total. The van der Waals surface area contributed by atoms with Crippen molar-refractivity contribution in [2.75, 3.05) is 19.5 Å². The molecule has 0 bridgehead atoms. The van der Waals surface area contributed by atoms with Gasteiger partial charge in [0.2, 0.25) is 0 Å². The molecule has 0 radical (unpaired) electrons. The lowest BCUT2D eigenvalue weighted by Crippen LogP contribution is -2.22. The van der Waals surface area contributed by atoms with E-state index in [-0.39, 0.29) is 12.6 Å². The molecule has 0 N–H and O–H groups in total. The summed E-state index contributed by atoms with van der Waals surface area (Å²) in [5.41, 5.74) is 0. The minimum atomic E-state index is -3.47. The van der Waals surface area contributed by atoms with Crippen LogP contribution in [0.5, 0.6) is 0 Å². The molecule has 0 aromatic carbocycles. The average molecular weight is 222 g/mol. The Bertz CT molecular complexity index is 295. The lowest BCUT2D eigenvalue weighted by molar-refractivity contribution is -0.148. The van der Waals surface area contributed by atoms with Gasteiger partial charge in [0.25, 0.3) is 10.1 Å². The van der Waals surface area contributed by atoms with Gasteiger partial charge in [0.1, 0.15) is 0 Å². The zero-order valence-electron chi connectivity index (χ0n) is 8.06. The Labute approximate surface area is 83.5 Å². The molecule has 14 heavy (non-hydrogen) atoms. The maximum atomic E-state index is 11.2. The molecule has 0 saturated carbocycles. The molecular weight excluding hydrogens is 208 g/mol. The molecule has 1 fully saturated rings. The molecule has 82 valence electrons. The second-order valence-corrected chi connectivity index (χ2v) is 4.99. The number of carbonyl (C=O) groups is 1. The second-order valence-electron chi connectivity index (χ2n) is 3.35. The summed E-state index contributed by atoms with van der Waals surface area (Å²) in [6.45, 7) is 0.325. The summed E-state index contributed by atoms with van der Waals surface area (Å²) >= 11 is 0. The fourth-order valence-electron chi connectivity index (χ4n) is 1.26. The number of ether oxygens (including phenoxy) is 1. The average Bonchev–Trinajstić information content (AvgIpc) is 2.25. The van der Waals surface area contributed by atoms with E-state index >= 15 is 0 Å². The molecular formula is C8H14O5S. The quantitative estimate of drug-likeness (QED) is 0.507. The van der Waals surface area contributed by atoms with Gasteiger partial charge in [0.15, 0.2) is 0 Å². The van der Waals surface area contributed by atoms with Crippen LogP contribution in [-0.4, -0.2) is 33.9 Å². The zero-order valence-corrected chi connectivity index (χ0v) is 8.88. The molecule has 1 heterocycles. The number of hydrogen-bond acceptors (Lipinski definition) is 5. The van der Waals surface area contributed by atoms with Crippen LogP contribution in [0.4, 0.5) is 0 Å². The molecule has 0 aliphatic carbocycles. The number of cyclic esters (lactones) is 1. The van der Waals surface area contributed by atoms with E-state index in [0.29, 0.717) is 13.0 Å². The van der Waals surface area contributed by atoms with E-state index in [1.807, 2.05) is 0 Å². The van der Waals surface area contributed by atoms with Gasteiger partial charge < -0.3 is 4.74 Å². The maximum Gasteiger partial charge on any atom is 0.311 e. The summed E-state index contributed by atoms with van der Waals surface area (Å²) in [5, 5.41) is 0. The normalized spacial score (nSPS) is 24.1. The van der Waals surface area contributed by atoms with Crippen molar-refractivity contribution >= 4 is 16.1 Å². The number of esters is 1. The third kappa shape index (κ3) is 4.06. The molecule has 6 heteroatoms. The monoisotopic (exact) mass is 222 g/mol. The highest BCUT2D eigenvalue weighted by Crippen LogP contribution is 2.16. The maximum absolute atomic E-state index is 11.2. The van der Waals surface area contributed by atoms with E-state index in [1.54, 1.807) is 0 Å². The second kappa shape index (κ2) is 4.75. The fraction of sp³-hybridized carbons (Fsp3) is 0.875. The van der Waals surface area contributed by atoms with Crippen LogP contribution in [0.2, 0.25) is 0 Å². The van der Waals surface area contributed by atoms with E-state index in [1.165, 1.54) is 0 Å². The first-order valence-corrected chi connectivity index (χ1v) is 6.32. The standard InChI is InChI=1S/C8H14O5S/c1-14(10,11)13-6-7-4-2-3-5-12-8(7)9/h7H,2-6H2,1H3. The van der Waals surface area contributed by atoms with Crippen LogP contribution < -0.4 is 0 Å². The third-order valence-electron chi connectivity index (χ3n) is 2.01. The van der Waals surface area contributed by atoms with Gasteiger partial charge in [0.05, 0.1) is 25.4 Å². The predicted octanol–water partition coefficient (Wildman–Crippen LogP) is 0.306. The number of carbonyl (C=O) groups excluding carboxylic acids is 1. The molecule has 1 saturated heterocycles. The van der Waals surface area contributed by atoms with Gasteiger partial charge in [-0.15, -0.1) is 0 Å². The molecule has 1 aliphatic rings. The minimum absolute atomic E-state index is 0.0995. The van der Waals surface area contributed by atoms with Crippen LogP contribution in [0.1, 0.15) is 19.3 Å². The van der Waals surface area contributed by atoms with Gasteiger partial charge >= 0.3 is 5.97 Å². The Morgan fingerprint density at radius 3 is 2.86 bits per heavy atom. The van der Waals surface area contributed by atoms with E-state index in [4.69, 9.17) is 4.74 Å². The fourth-order valence-corrected chi connectivity index (χ4v) is 1.67. The van der Waals surface area contributed by atoms with Gasteiger partial charge in [-0.1, -0.05) is 0 Å². The SMILES string of the molecule is CS(=O)(=O)OCC1CCCCOC1=O. The molecule has 1 rings (SSSR count). The lowest BCUT2D eigenvalue weighted by atomic mass is 10.1. The van der Waals surface area contributed by atoms with Crippen molar-refractivity contribution in [2.24, 2.45) is 5.92 Å². The van der Waals surface area contributed by atoms with Crippen LogP contribution in [0.15, 0.2) is 0 Å². The Morgan fingerprint density at radius 1 is 1.50 bits per heavy atom. The summed E-state index contributed by atoms with van der Waals surface area (Å²) < 4.78 is 30.8. The number of rotatable bonds is 3. The van der Waals surface area contributed by atoms with Gasteiger partial charge in [-0.2, -0.15) is 8.42 Å². The third-order valence-corrected chi connectivity index (χ3v) is 2.57. The molecule has 0 aromatic heterocycles. The van der Waals surface area contributed by atoms with Crippen LogP contribution in [0, 0.1) is 5.92 Å². The zero-order chi connectivity index (χ0) is 10.6. The Kier molecular flexibility index (Phi) is 3.88. The van der Waals surface area contributed by atoms with Crippen LogP contribution >= 0.6 is 0 Å². The highest BCUT2D eigenvalue weighted by molar-refractivity contribution is 7.85. The summed E-state index contributed by atoms with van der Waals surface area (Å²) in [6, 6.07) is 0. The molecule has 1 unspecified atom stereocenters. The smallest absolute Gasteiger partial charge is 0.311 e. The molecule has 0 aromatic rings. The first-order valence-electron chi connectivity index (χ1n) is 4.50. The topological polar surface area (TPSA) is 69.7 Å². The van der Waals surface area contributed by atoms with Crippen LogP contribution in [0.25, 0.3) is 0 Å². The summed E-state index contributed by atoms with van der Waals surface area (Å²) in [4.78, 5) is 11.2. The van der Waals surface area contributed by atoms with Crippen molar-refractivity contribution in [3.05, 3.63) is 0 Å². The van der Waals surface area contributed by atoms with Crippen molar-refractivity contribution in [1.82, 2.24) is 0 Å². The van der Waals surface area contributed by atoms with Crippen molar-refractivity contribution in [1.29, 1.82) is 0 Å². The highest BCUT2D eigenvalue weighted by atomic mass is 32.2. The van der Waals surface area contributed by atoms with Gasteiger partial charge in [-0.25, -0.2) is 0 Å². The van der Waals surface area contributed by atoms with Crippen LogP contribution in [-0.2, 0) is 23.8 Å². The summed E-state index contributed by atoms with van der Waals surface area (Å²) in [7, 11) is -3.47. The van der Waals surface area contributed by atoms with E-state index in [2.05, 4.69) is 4.18 Å². The highest BCUT2D eigenvalue weighted by Gasteiger charge is 2.24. The van der Waals surface area contributed by atoms with Gasteiger partial charge in [0, 0.05) is 0 Å². The number of hydrogen-bond donors (Lipinski definition) is 0. The first kappa shape index (κ1) is 11.5. The van der Waals surface area contributed by atoms with Gasteiger partial charge in [-0.05, 0) is 19.3 Å². The van der Waals surface area contributed by atoms with E-state index in [0.717, 1.165) is 19.1 Å².